The van der Waals surface area contributed by atoms with Gasteiger partial charge in [0.15, 0.2) is 22.1 Å². The molecule has 1 heterocycles. The van der Waals surface area contributed by atoms with Crippen molar-refractivity contribution in [2.24, 2.45) is 4.99 Å². The zero-order chi connectivity index (χ0) is 23.4. The van der Waals surface area contributed by atoms with Crippen LogP contribution < -0.4 is 19.0 Å². The van der Waals surface area contributed by atoms with Gasteiger partial charge in [-0.3, -0.25) is 9.59 Å². The third-order valence-electron chi connectivity index (χ3n) is 4.40. The monoisotopic (exact) mass is 466 g/mol. The summed E-state index contributed by atoms with van der Waals surface area (Å²) in [6.45, 7) is 1.34. The van der Waals surface area contributed by atoms with E-state index >= 15 is 0 Å². The fraction of sp³-hybridized carbons (Fsp3) is 0.286. The minimum atomic E-state index is -0.887. The van der Waals surface area contributed by atoms with Crippen LogP contribution in [-0.2, 0) is 16.1 Å². The number of carbonyl (C=O) groups is 2. The first kappa shape index (κ1) is 23.2. The van der Waals surface area contributed by atoms with Crippen LogP contribution in [-0.4, -0.2) is 44.4 Å². The largest absolute Gasteiger partial charge is 0.493 e. The molecule has 0 radical (unpaired) electrons. The van der Waals surface area contributed by atoms with E-state index in [9.17, 15) is 18.4 Å². The highest BCUT2D eigenvalue weighted by Gasteiger charge is 2.19. The number of esters is 1. The van der Waals surface area contributed by atoms with Crippen LogP contribution in [0.3, 0.4) is 0 Å². The molecule has 0 N–H and O–H groups in total. The van der Waals surface area contributed by atoms with Crippen molar-refractivity contribution < 1.29 is 37.3 Å². The van der Waals surface area contributed by atoms with Gasteiger partial charge in [0.25, 0.3) is 5.91 Å². The molecule has 170 valence electrons. The molecular formula is C21H20F2N2O6S. The first-order valence-electron chi connectivity index (χ1n) is 9.36. The summed E-state index contributed by atoms with van der Waals surface area (Å²) in [5, 5.41) is 0. The van der Waals surface area contributed by atoms with Gasteiger partial charge < -0.3 is 23.5 Å². The molecule has 11 heteroatoms. The van der Waals surface area contributed by atoms with Crippen molar-refractivity contribution in [3.8, 4) is 17.2 Å². The Hall–Kier alpha value is -3.47. The van der Waals surface area contributed by atoms with E-state index in [2.05, 4.69) is 4.99 Å². The molecule has 0 unspecified atom stereocenters. The van der Waals surface area contributed by atoms with Crippen LogP contribution in [0.25, 0.3) is 10.2 Å². The van der Waals surface area contributed by atoms with Crippen molar-refractivity contribution in [2.45, 2.75) is 13.5 Å². The van der Waals surface area contributed by atoms with Gasteiger partial charge in [-0.15, -0.1) is 0 Å². The van der Waals surface area contributed by atoms with E-state index in [1.165, 1.54) is 38.0 Å². The number of benzene rings is 2. The van der Waals surface area contributed by atoms with Gasteiger partial charge in [-0.05, 0) is 25.1 Å². The van der Waals surface area contributed by atoms with E-state index < -0.39 is 30.1 Å². The van der Waals surface area contributed by atoms with Crippen LogP contribution in [0.2, 0.25) is 0 Å². The molecule has 0 bridgehead atoms. The highest BCUT2D eigenvalue weighted by molar-refractivity contribution is 7.16. The SMILES string of the molecule is CCOC(=O)Cn1c(=NC(=O)c2cc(OC)c(OC)c(OC)c2)sc2cc(F)cc(F)c21. The Balaban J connectivity index is 2.18. The summed E-state index contributed by atoms with van der Waals surface area (Å²) in [6.07, 6.45) is 0. The van der Waals surface area contributed by atoms with E-state index in [1.54, 1.807) is 6.92 Å². The predicted molar refractivity (Wildman–Crippen MR) is 112 cm³/mol. The predicted octanol–water partition coefficient (Wildman–Crippen LogP) is 3.31. The molecule has 2 aromatic carbocycles. The zero-order valence-electron chi connectivity index (χ0n) is 17.7. The Labute approximate surface area is 185 Å². The Kier molecular flexibility index (Phi) is 7.08. The van der Waals surface area contributed by atoms with Gasteiger partial charge >= 0.3 is 5.97 Å². The van der Waals surface area contributed by atoms with Gasteiger partial charge in [0, 0.05) is 11.6 Å². The maximum atomic E-state index is 14.5. The topological polar surface area (TPSA) is 88.4 Å². The summed E-state index contributed by atoms with van der Waals surface area (Å²) in [5.74, 6) is -2.26. The molecule has 0 atom stereocenters. The lowest BCUT2D eigenvalue weighted by molar-refractivity contribution is -0.143. The first-order valence-corrected chi connectivity index (χ1v) is 10.2. The number of thiazole rings is 1. The standard InChI is InChI=1S/C21H20F2N2O6S/c1-5-31-17(26)10-25-18-13(23)8-12(22)9-16(18)32-21(25)24-20(27)11-6-14(28-2)19(30-4)15(7-11)29-3/h6-9H,5,10H2,1-4H3. The average Bonchev–Trinajstić information content (AvgIpc) is 3.09. The number of rotatable bonds is 7. The van der Waals surface area contributed by atoms with Gasteiger partial charge in [-0.2, -0.15) is 4.99 Å². The van der Waals surface area contributed by atoms with Crippen LogP contribution in [0.15, 0.2) is 29.3 Å². The fourth-order valence-corrected chi connectivity index (χ4v) is 4.12. The van der Waals surface area contributed by atoms with Gasteiger partial charge in [-0.1, -0.05) is 11.3 Å². The minimum Gasteiger partial charge on any atom is -0.493 e. The molecule has 3 rings (SSSR count). The van der Waals surface area contributed by atoms with Crippen LogP contribution in [0.4, 0.5) is 8.78 Å². The molecular weight excluding hydrogens is 446 g/mol. The summed E-state index contributed by atoms with van der Waals surface area (Å²) in [7, 11) is 4.23. The zero-order valence-corrected chi connectivity index (χ0v) is 18.5. The van der Waals surface area contributed by atoms with Crippen molar-refractivity contribution in [3.05, 3.63) is 46.3 Å². The molecule has 1 aromatic heterocycles. The van der Waals surface area contributed by atoms with Gasteiger partial charge in [0.1, 0.15) is 12.4 Å². The smallest absolute Gasteiger partial charge is 0.326 e. The Morgan fingerprint density at radius 3 is 2.25 bits per heavy atom. The van der Waals surface area contributed by atoms with Crippen LogP contribution in [0, 0.1) is 11.6 Å². The quantitative estimate of drug-likeness (QED) is 0.497. The number of ether oxygens (including phenoxy) is 4. The highest BCUT2D eigenvalue weighted by atomic mass is 32.1. The van der Waals surface area contributed by atoms with Crippen molar-refractivity contribution in [3.63, 3.8) is 0 Å². The Bertz CT molecular complexity index is 1230. The number of methoxy groups -OCH3 is 3. The van der Waals surface area contributed by atoms with E-state index in [0.717, 1.165) is 17.4 Å². The third kappa shape index (κ3) is 4.57. The summed E-state index contributed by atoms with van der Waals surface area (Å²) in [5.41, 5.74) is 0.0483. The number of hydrogen-bond donors (Lipinski definition) is 0. The minimum absolute atomic E-state index is 0.00342. The molecule has 3 aromatic rings. The average molecular weight is 466 g/mol. The molecule has 0 fully saturated rings. The number of carbonyl (C=O) groups excluding carboxylic acids is 2. The van der Waals surface area contributed by atoms with Crippen LogP contribution >= 0.6 is 11.3 Å². The highest BCUT2D eigenvalue weighted by Crippen LogP contribution is 2.38. The van der Waals surface area contributed by atoms with Crippen molar-refractivity contribution in [1.29, 1.82) is 0 Å². The normalized spacial score (nSPS) is 11.5. The summed E-state index contributed by atoms with van der Waals surface area (Å²) in [6, 6.07) is 4.63. The third-order valence-corrected chi connectivity index (χ3v) is 5.42. The van der Waals surface area contributed by atoms with E-state index in [0.29, 0.717) is 11.8 Å². The van der Waals surface area contributed by atoms with E-state index in [-0.39, 0.29) is 38.7 Å². The van der Waals surface area contributed by atoms with E-state index in [4.69, 9.17) is 18.9 Å². The number of fused-ring (bicyclic) bond motifs is 1. The van der Waals surface area contributed by atoms with Crippen molar-refractivity contribution in [1.82, 2.24) is 4.57 Å². The number of amides is 1. The first-order chi connectivity index (χ1) is 15.3. The fourth-order valence-electron chi connectivity index (χ4n) is 3.05. The second-order valence-electron chi connectivity index (χ2n) is 6.34. The molecule has 1 amide bonds. The van der Waals surface area contributed by atoms with Crippen molar-refractivity contribution >= 4 is 33.4 Å². The molecule has 0 aliphatic heterocycles. The van der Waals surface area contributed by atoms with Crippen LogP contribution in [0.1, 0.15) is 17.3 Å². The Morgan fingerprint density at radius 2 is 1.69 bits per heavy atom. The number of nitrogens with zero attached hydrogens (tertiary/aromatic N) is 2. The van der Waals surface area contributed by atoms with Gasteiger partial charge in [-0.25, -0.2) is 8.78 Å². The van der Waals surface area contributed by atoms with Crippen molar-refractivity contribution in [2.75, 3.05) is 27.9 Å². The lowest BCUT2D eigenvalue weighted by Crippen LogP contribution is -2.23. The molecule has 0 saturated carbocycles. The van der Waals surface area contributed by atoms with Crippen LogP contribution in [0.5, 0.6) is 17.2 Å². The summed E-state index contributed by atoms with van der Waals surface area (Å²) < 4.78 is 50.3. The van der Waals surface area contributed by atoms with E-state index in [1.807, 2.05) is 0 Å². The molecule has 8 nitrogen and oxygen atoms in total. The maximum absolute atomic E-state index is 14.5. The Morgan fingerprint density at radius 1 is 1.03 bits per heavy atom. The number of hydrogen-bond acceptors (Lipinski definition) is 7. The number of aromatic nitrogens is 1. The molecule has 0 spiro atoms. The maximum Gasteiger partial charge on any atom is 0.326 e. The summed E-state index contributed by atoms with van der Waals surface area (Å²) >= 11 is 0.863. The second-order valence-corrected chi connectivity index (χ2v) is 7.35. The lowest BCUT2D eigenvalue weighted by Gasteiger charge is -2.12. The number of halogens is 2. The second kappa shape index (κ2) is 9.77. The lowest BCUT2D eigenvalue weighted by atomic mass is 10.1. The molecule has 0 aliphatic carbocycles. The summed E-state index contributed by atoms with van der Waals surface area (Å²) in [4.78, 5) is 29.0. The van der Waals surface area contributed by atoms with Gasteiger partial charge in [0.2, 0.25) is 5.75 Å². The molecule has 32 heavy (non-hydrogen) atoms. The van der Waals surface area contributed by atoms with Gasteiger partial charge in [0.05, 0.1) is 38.2 Å². The molecule has 0 aliphatic rings. The molecule has 0 saturated heterocycles.